The molecule has 0 spiro atoms. The Morgan fingerprint density at radius 1 is 1.17 bits per heavy atom. The van der Waals surface area contributed by atoms with Crippen LogP contribution in [-0.2, 0) is 9.47 Å². The zero-order chi connectivity index (χ0) is 15.6. The second kappa shape index (κ2) is 6.47. The van der Waals surface area contributed by atoms with Gasteiger partial charge in [0, 0.05) is 25.7 Å². The molecule has 0 aliphatic carbocycles. The maximum atomic E-state index is 12.3. The second-order valence-corrected chi connectivity index (χ2v) is 6.42. The number of hydrogen-bond acceptors (Lipinski definition) is 4. The van der Waals surface area contributed by atoms with Gasteiger partial charge in [0.1, 0.15) is 0 Å². The molecule has 2 aliphatic rings. The third kappa shape index (κ3) is 3.06. The summed E-state index contributed by atoms with van der Waals surface area (Å²) in [5.41, 5.74) is 1.95. The fourth-order valence-electron chi connectivity index (χ4n) is 3.73. The van der Waals surface area contributed by atoms with Crippen LogP contribution in [0.4, 0.5) is 0 Å². The first kappa shape index (κ1) is 14.9. The molecule has 2 aliphatic heterocycles. The van der Waals surface area contributed by atoms with E-state index in [0.29, 0.717) is 19.8 Å². The smallest absolute Gasteiger partial charge is 0.326 e. The highest BCUT2D eigenvalue weighted by Crippen LogP contribution is 2.25. The molecule has 1 atom stereocenters. The Balaban J connectivity index is 1.42. The highest BCUT2D eigenvalue weighted by Gasteiger charge is 2.26. The molecule has 0 radical (unpaired) electrons. The lowest BCUT2D eigenvalue weighted by molar-refractivity contribution is -0.0991. The monoisotopic (exact) mass is 317 g/mol. The quantitative estimate of drug-likeness (QED) is 0.929. The Kier molecular flexibility index (Phi) is 4.20. The standard InChI is InChI=1S/C17H23N3O3/c21-17-18-15-3-1-2-4-16(15)20(17)13-5-7-19(8-6-13)11-14-12-22-9-10-23-14/h1-4,13-14H,5-12H2,(H,18,21). The van der Waals surface area contributed by atoms with Crippen molar-refractivity contribution < 1.29 is 9.47 Å². The number of likely N-dealkylation sites (tertiary alicyclic amines) is 1. The number of aromatic nitrogens is 2. The van der Waals surface area contributed by atoms with E-state index in [1.165, 1.54) is 0 Å². The van der Waals surface area contributed by atoms with Crippen LogP contribution in [0, 0.1) is 0 Å². The van der Waals surface area contributed by atoms with Crippen LogP contribution in [0.15, 0.2) is 29.1 Å². The molecule has 0 bridgehead atoms. The highest BCUT2D eigenvalue weighted by molar-refractivity contribution is 5.75. The van der Waals surface area contributed by atoms with Gasteiger partial charge in [-0.1, -0.05) is 12.1 Å². The van der Waals surface area contributed by atoms with Crippen LogP contribution in [0.3, 0.4) is 0 Å². The molecule has 0 saturated carbocycles. The summed E-state index contributed by atoms with van der Waals surface area (Å²) in [4.78, 5) is 17.7. The number of ether oxygens (including phenoxy) is 2. The second-order valence-electron chi connectivity index (χ2n) is 6.42. The van der Waals surface area contributed by atoms with Crippen LogP contribution in [0.5, 0.6) is 0 Å². The summed E-state index contributed by atoms with van der Waals surface area (Å²) in [7, 11) is 0. The number of nitrogens with one attached hydrogen (secondary N) is 1. The van der Waals surface area contributed by atoms with Gasteiger partial charge in [-0.25, -0.2) is 4.79 Å². The highest BCUT2D eigenvalue weighted by atomic mass is 16.6. The van der Waals surface area contributed by atoms with Crippen LogP contribution < -0.4 is 5.69 Å². The van der Waals surface area contributed by atoms with Gasteiger partial charge in [-0.05, 0) is 25.0 Å². The first-order valence-corrected chi connectivity index (χ1v) is 8.42. The molecule has 1 N–H and O–H groups in total. The largest absolute Gasteiger partial charge is 0.376 e. The Morgan fingerprint density at radius 3 is 2.78 bits per heavy atom. The van der Waals surface area contributed by atoms with Crippen molar-refractivity contribution in [2.24, 2.45) is 0 Å². The molecule has 2 saturated heterocycles. The van der Waals surface area contributed by atoms with E-state index in [4.69, 9.17) is 9.47 Å². The number of aromatic amines is 1. The summed E-state index contributed by atoms with van der Waals surface area (Å²) in [6, 6.07) is 8.20. The number of hydrogen-bond donors (Lipinski definition) is 1. The van der Waals surface area contributed by atoms with E-state index < -0.39 is 0 Å². The van der Waals surface area contributed by atoms with Crippen molar-refractivity contribution in [3.63, 3.8) is 0 Å². The van der Waals surface area contributed by atoms with Crippen molar-refractivity contribution in [1.82, 2.24) is 14.5 Å². The summed E-state index contributed by atoms with van der Waals surface area (Å²) < 4.78 is 13.1. The summed E-state index contributed by atoms with van der Waals surface area (Å²) in [6.07, 6.45) is 2.18. The average molecular weight is 317 g/mol. The molecule has 1 unspecified atom stereocenters. The van der Waals surface area contributed by atoms with Crippen molar-refractivity contribution >= 4 is 11.0 Å². The third-order valence-electron chi connectivity index (χ3n) is 4.89. The molecule has 0 amide bonds. The minimum Gasteiger partial charge on any atom is -0.376 e. The summed E-state index contributed by atoms with van der Waals surface area (Å²) in [5.74, 6) is 0. The first-order valence-electron chi connectivity index (χ1n) is 8.42. The van der Waals surface area contributed by atoms with E-state index in [-0.39, 0.29) is 17.8 Å². The van der Waals surface area contributed by atoms with Crippen molar-refractivity contribution in [1.29, 1.82) is 0 Å². The first-order chi connectivity index (χ1) is 11.3. The van der Waals surface area contributed by atoms with Crippen LogP contribution in [0.1, 0.15) is 18.9 Å². The summed E-state index contributed by atoms with van der Waals surface area (Å²) >= 11 is 0. The van der Waals surface area contributed by atoms with Gasteiger partial charge in [-0.2, -0.15) is 0 Å². The number of para-hydroxylation sites is 2. The lowest BCUT2D eigenvalue weighted by Crippen LogP contribution is -2.44. The number of imidazole rings is 1. The lowest BCUT2D eigenvalue weighted by atomic mass is 10.0. The zero-order valence-corrected chi connectivity index (χ0v) is 13.2. The molecule has 1 aromatic heterocycles. The molecular weight excluding hydrogens is 294 g/mol. The minimum absolute atomic E-state index is 0.00802. The fourth-order valence-corrected chi connectivity index (χ4v) is 3.73. The van der Waals surface area contributed by atoms with Crippen LogP contribution in [0.2, 0.25) is 0 Å². The Hall–Kier alpha value is -1.63. The Morgan fingerprint density at radius 2 is 2.00 bits per heavy atom. The fraction of sp³-hybridized carbons (Fsp3) is 0.588. The SMILES string of the molecule is O=c1[nH]c2ccccc2n1C1CCN(CC2COCCO2)CC1. The number of piperidine rings is 1. The Labute approximate surface area is 135 Å². The molecule has 2 aromatic rings. The van der Waals surface area contributed by atoms with E-state index >= 15 is 0 Å². The lowest BCUT2D eigenvalue weighted by Gasteiger charge is -2.35. The molecule has 6 nitrogen and oxygen atoms in total. The van der Waals surface area contributed by atoms with Crippen LogP contribution in [0.25, 0.3) is 11.0 Å². The van der Waals surface area contributed by atoms with Gasteiger partial charge in [0.15, 0.2) is 0 Å². The predicted molar refractivity (Wildman–Crippen MR) is 87.8 cm³/mol. The molecule has 23 heavy (non-hydrogen) atoms. The molecule has 1 aromatic carbocycles. The topological polar surface area (TPSA) is 59.5 Å². The molecule has 124 valence electrons. The number of benzene rings is 1. The van der Waals surface area contributed by atoms with Crippen LogP contribution in [-0.4, -0.2) is 60.0 Å². The summed E-state index contributed by atoms with van der Waals surface area (Å²) in [5, 5.41) is 0. The van der Waals surface area contributed by atoms with E-state index in [2.05, 4.69) is 9.88 Å². The maximum Gasteiger partial charge on any atom is 0.326 e. The Bertz CT molecular complexity index is 709. The van der Waals surface area contributed by atoms with E-state index in [1.54, 1.807) is 0 Å². The van der Waals surface area contributed by atoms with E-state index in [0.717, 1.165) is 43.5 Å². The number of nitrogens with zero attached hydrogens (tertiary/aromatic N) is 2. The summed E-state index contributed by atoms with van der Waals surface area (Å²) in [6.45, 7) is 5.03. The van der Waals surface area contributed by atoms with Crippen molar-refractivity contribution in [2.75, 3.05) is 39.5 Å². The van der Waals surface area contributed by atoms with Gasteiger partial charge >= 0.3 is 5.69 Å². The van der Waals surface area contributed by atoms with Gasteiger partial charge in [-0.15, -0.1) is 0 Å². The zero-order valence-electron chi connectivity index (χ0n) is 13.2. The van der Waals surface area contributed by atoms with Crippen molar-refractivity contribution in [3.05, 3.63) is 34.7 Å². The van der Waals surface area contributed by atoms with Gasteiger partial charge in [0.2, 0.25) is 0 Å². The molecule has 6 heteroatoms. The number of fused-ring (bicyclic) bond motifs is 1. The van der Waals surface area contributed by atoms with Gasteiger partial charge in [0.05, 0.1) is 37.0 Å². The number of rotatable bonds is 3. The third-order valence-corrected chi connectivity index (χ3v) is 4.89. The molecular formula is C17H23N3O3. The minimum atomic E-state index is 0.00802. The maximum absolute atomic E-state index is 12.3. The average Bonchev–Trinajstić information content (AvgIpc) is 2.92. The molecule has 4 rings (SSSR count). The van der Waals surface area contributed by atoms with Gasteiger partial charge < -0.3 is 19.4 Å². The van der Waals surface area contributed by atoms with E-state index in [1.807, 2.05) is 28.8 Å². The van der Waals surface area contributed by atoms with Gasteiger partial charge in [-0.3, -0.25) is 4.57 Å². The normalized spacial score (nSPS) is 24.3. The van der Waals surface area contributed by atoms with Crippen LogP contribution >= 0.6 is 0 Å². The van der Waals surface area contributed by atoms with Crippen molar-refractivity contribution in [3.8, 4) is 0 Å². The predicted octanol–water partition coefficient (Wildman–Crippen LogP) is 1.38. The van der Waals surface area contributed by atoms with Crippen molar-refractivity contribution in [2.45, 2.75) is 25.0 Å². The number of H-pyrrole nitrogens is 1. The van der Waals surface area contributed by atoms with E-state index in [9.17, 15) is 4.79 Å². The van der Waals surface area contributed by atoms with Gasteiger partial charge in [0.25, 0.3) is 0 Å². The molecule has 3 heterocycles. The molecule has 2 fully saturated rings.